The standard InChI is InChI=1S/C9H13N3O/c1-3-5-7-9(13)12-8(11-7)6(10)4-2/h3-4,6-7H,1-2,5,10H2,(H,11,12,13). The predicted molar refractivity (Wildman–Crippen MR) is 52.4 cm³/mol. The molecule has 1 aliphatic heterocycles. The molecular weight excluding hydrogens is 166 g/mol. The number of amidine groups is 1. The second-order valence-corrected chi connectivity index (χ2v) is 2.82. The van der Waals surface area contributed by atoms with Crippen LogP contribution in [-0.4, -0.2) is 23.8 Å². The SMILES string of the molecule is C=CCC1NC(C(N)C=C)=NC1=O. The van der Waals surface area contributed by atoms with Gasteiger partial charge in [0.15, 0.2) is 0 Å². The fourth-order valence-electron chi connectivity index (χ4n) is 1.08. The monoisotopic (exact) mass is 179 g/mol. The zero-order valence-corrected chi connectivity index (χ0v) is 7.36. The number of nitrogens with zero attached hydrogens (tertiary/aromatic N) is 1. The zero-order valence-electron chi connectivity index (χ0n) is 7.36. The molecule has 0 aromatic carbocycles. The van der Waals surface area contributed by atoms with Crippen LogP contribution >= 0.6 is 0 Å². The number of nitrogens with one attached hydrogen (secondary N) is 1. The molecule has 3 N–H and O–H groups in total. The lowest BCUT2D eigenvalue weighted by Gasteiger charge is -2.09. The summed E-state index contributed by atoms with van der Waals surface area (Å²) >= 11 is 0. The van der Waals surface area contributed by atoms with Crippen LogP contribution < -0.4 is 11.1 Å². The van der Waals surface area contributed by atoms with Crippen LogP contribution in [0.15, 0.2) is 30.3 Å². The molecule has 0 aromatic rings. The highest BCUT2D eigenvalue weighted by molar-refractivity contribution is 6.06. The molecule has 13 heavy (non-hydrogen) atoms. The lowest BCUT2D eigenvalue weighted by atomic mass is 10.2. The second kappa shape index (κ2) is 4.00. The summed E-state index contributed by atoms with van der Waals surface area (Å²) in [7, 11) is 0. The number of hydrogen-bond donors (Lipinski definition) is 2. The van der Waals surface area contributed by atoms with Gasteiger partial charge in [0.05, 0.1) is 6.04 Å². The summed E-state index contributed by atoms with van der Waals surface area (Å²) in [4.78, 5) is 15.0. The summed E-state index contributed by atoms with van der Waals surface area (Å²) in [5.74, 6) is 0.305. The van der Waals surface area contributed by atoms with Gasteiger partial charge in [0.1, 0.15) is 11.9 Å². The first kappa shape index (κ1) is 9.67. The van der Waals surface area contributed by atoms with E-state index in [0.717, 1.165) is 0 Å². The Hall–Kier alpha value is -1.42. The lowest BCUT2D eigenvalue weighted by Crippen LogP contribution is -2.40. The minimum absolute atomic E-state index is 0.188. The van der Waals surface area contributed by atoms with Crippen LogP contribution in [0.3, 0.4) is 0 Å². The van der Waals surface area contributed by atoms with Gasteiger partial charge in [-0.3, -0.25) is 4.79 Å². The summed E-state index contributed by atoms with van der Waals surface area (Å²) in [6.07, 6.45) is 3.78. The molecule has 0 aromatic heterocycles. The Kier molecular flexibility index (Phi) is 2.97. The smallest absolute Gasteiger partial charge is 0.270 e. The van der Waals surface area contributed by atoms with E-state index in [1.54, 1.807) is 6.08 Å². The van der Waals surface area contributed by atoms with E-state index in [-0.39, 0.29) is 11.9 Å². The van der Waals surface area contributed by atoms with Crippen molar-refractivity contribution in [3.63, 3.8) is 0 Å². The van der Waals surface area contributed by atoms with Gasteiger partial charge < -0.3 is 11.1 Å². The van der Waals surface area contributed by atoms with E-state index in [9.17, 15) is 4.79 Å². The predicted octanol–water partition coefficient (Wildman–Crippen LogP) is -0.0273. The van der Waals surface area contributed by atoms with Gasteiger partial charge in [0.2, 0.25) is 0 Å². The third-order valence-electron chi connectivity index (χ3n) is 1.82. The molecular formula is C9H13N3O. The number of hydrogen-bond acceptors (Lipinski definition) is 3. The summed E-state index contributed by atoms with van der Waals surface area (Å²) in [5.41, 5.74) is 5.61. The molecule has 0 radical (unpaired) electrons. The van der Waals surface area contributed by atoms with Crippen LogP contribution in [0.4, 0.5) is 0 Å². The Bertz CT molecular complexity index is 270. The van der Waals surface area contributed by atoms with Crippen molar-refractivity contribution in [3.8, 4) is 0 Å². The average molecular weight is 179 g/mol. The Morgan fingerprint density at radius 1 is 1.69 bits per heavy atom. The van der Waals surface area contributed by atoms with Gasteiger partial charge in [-0.05, 0) is 6.42 Å². The molecule has 4 nitrogen and oxygen atoms in total. The van der Waals surface area contributed by atoms with Gasteiger partial charge in [0, 0.05) is 0 Å². The van der Waals surface area contributed by atoms with E-state index in [2.05, 4.69) is 23.5 Å². The number of amides is 1. The largest absolute Gasteiger partial charge is 0.360 e. The summed E-state index contributed by atoms with van der Waals surface area (Å²) in [6.45, 7) is 7.08. The maximum atomic E-state index is 11.2. The maximum absolute atomic E-state index is 11.2. The van der Waals surface area contributed by atoms with Gasteiger partial charge in [0.25, 0.3) is 5.91 Å². The number of aliphatic imine (C=N–C) groups is 1. The van der Waals surface area contributed by atoms with Gasteiger partial charge in [-0.25, -0.2) is 0 Å². The van der Waals surface area contributed by atoms with Crippen molar-refractivity contribution in [2.45, 2.75) is 18.5 Å². The van der Waals surface area contributed by atoms with Crippen molar-refractivity contribution >= 4 is 11.7 Å². The highest BCUT2D eigenvalue weighted by atomic mass is 16.2. The minimum atomic E-state index is -0.390. The second-order valence-electron chi connectivity index (χ2n) is 2.82. The molecule has 4 heteroatoms. The third-order valence-corrected chi connectivity index (χ3v) is 1.82. The minimum Gasteiger partial charge on any atom is -0.360 e. The van der Waals surface area contributed by atoms with Crippen molar-refractivity contribution in [1.29, 1.82) is 0 Å². The third kappa shape index (κ3) is 2.03. The van der Waals surface area contributed by atoms with Gasteiger partial charge in [-0.1, -0.05) is 12.2 Å². The van der Waals surface area contributed by atoms with Crippen LogP contribution in [0.25, 0.3) is 0 Å². The Labute approximate surface area is 77.2 Å². The molecule has 1 amide bonds. The van der Waals surface area contributed by atoms with Gasteiger partial charge >= 0.3 is 0 Å². The van der Waals surface area contributed by atoms with Crippen LogP contribution in [0.2, 0.25) is 0 Å². The van der Waals surface area contributed by atoms with E-state index in [1.165, 1.54) is 6.08 Å². The van der Waals surface area contributed by atoms with Gasteiger partial charge in [-0.15, -0.1) is 13.2 Å². The molecule has 0 aliphatic carbocycles. The normalized spacial score (nSPS) is 23.3. The fraction of sp³-hybridized carbons (Fsp3) is 0.333. The first-order chi connectivity index (χ1) is 6.19. The van der Waals surface area contributed by atoms with Crippen molar-refractivity contribution in [3.05, 3.63) is 25.3 Å². The van der Waals surface area contributed by atoms with Crippen molar-refractivity contribution < 1.29 is 4.79 Å². The first-order valence-electron chi connectivity index (χ1n) is 4.07. The molecule has 1 aliphatic rings. The van der Waals surface area contributed by atoms with Crippen LogP contribution in [0.1, 0.15) is 6.42 Å². The Balaban J connectivity index is 2.64. The van der Waals surface area contributed by atoms with Crippen molar-refractivity contribution in [2.24, 2.45) is 10.7 Å². The fourth-order valence-corrected chi connectivity index (χ4v) is 1.08. The molecule has 2 atom stereocenters. The molecule has 0 spiro atoms. The topological polar surface area (TPSA) is 67.5 Å². The quantitative estimate of drug-likeness (QED) is 0.596. The summed E-state index contributed by atoms with van der Waals surface area (Å²) < 4.78 is 0. The van der Waals surface area contributed by atoms with E-state index in [4.69, 9.17) is 5.73 Å². The van der Waals surface area contributed by atoms with Gasteiger partial charge in [-0.2, -0.15) is 4.99 Å². The molecule has 0 bridgehead atoms. The van der Waals surface area contributed by atoms with E-state index in [1.807, 2.05) is 0 Å². The number of rotatable bonds is 4. The molecule has 1 rings (SSSR count). The van der Waals surface area contributed by atoms with E-state index < -0.39 is 6.04 Å². The van der Waals surface area contributed by atoms with Crippen molar-refractivity contribution in [2.75, 3.05) is 0 Å². The highest BCUT2D eigenvalue weighted by Crippen LogP contribution is 2.05. The number of carbonyl (C=O) groups is 1. The molecule has 0 saturated carbocycles. The molecule has 0 fully saturated rings. The Morgan fingerprint density at radius 2 is 2.38 bits per heavy atom. The van der Waals surface area contributed by atoms with Crippen LogP contribution in [0.5, 0.6) is 0 Å². The van der Waals surface area contributed by atoms with E-state index in [0.29, 0.717) is 12.3 Å². The van der Waals surface area contributed by atoms with Crippen LogP contribution in [-0.2, 0) is 4.79 Å². The van der Waals surface area contributed by atoms with Crippen molar-refractivity contribution in [1.82, 2.24) is 5.32 Å². The van der Waals surface area contributed by atoms with Crippen LogP contribution in [0, 0.1) is 0 Å². The maximum Gasteiger partial charge on any atom is 0.270 e. The molecule has 1 heterocycles. The van der Waals surface area contributed by atoms with E-state index >= 15 is 0 Å². The summed E-state index contributed by atoms with van der Waals surface area (Å²) in [6, 6.07) is -0.683. The zero-order chi connectivity index (χ0) is 9.84. The highest BCUT2D eigenvalue weighted by Gasteiger charge is 2.26. The average Bonchev–Trinajstić information content (AvgIpc) is 2.47. The number of nitrogens with two attached hydrogens (primary N) is 1. The lowest BCUT2D eigenvalue weighted by molar-refractivity contribution is -0.118. The first-order valence-corrected chi connectivity index (χ1v) is 4.07. The summed E-state index contributed by atoms with van der Waals surface area (Å²) in [5, 5.41) is 2.93. The molecule has 70 valence electrons. The Morgan fingerprint density at radius 3 is 2.92 bits per heavy atom. The molecule has 2 unspecified atom stereocenters. The number of carbonyl (C=O) groups excluding carboxylic acids is 1. The molecule has 0 saturated heterocycles.